The van der Waals surface area contributed by atoms with Gasteiger partial charge in [-0.25, -0.2) is 0 Å². The summed E-state index contributed by atoms with van der Waals surface area (Å²) in [6.07, 6.45) is 8.85. The number of nitrogens with zero attached hydrogens (tertiary/aromatic N) is 1. The Bertz CT molecular complexity index is 931. The van der Waals surface area contributed by atoms with Crippen LogP contribution in [0, 0.1) is 5.92 Å². The molecule has 6 nitrogen and oxygen atoms in total. The topological polar surface area (TPSA) is 82.0 Å². The second kappa shape index (κ2) is 7.36. The minimum Gasteiger partial charge on any atom is -0.504 e. The number of phenols is 1. The molecule has 5 aliphatic rings. The fourth-order valence-electron chi connectivity index (χ4n) is 7.44. The van der Waals surface area contributed by atoms with Crippen molar-refractivity contribution in [1.82, 2.24) is 10.2 Å². The zero-order valence-corrected chi connectivity index (χ0v) is 19.1. The molecule has 5 atom stereocenters. The van der Waals surface area contributed by atoms with Gasteiger partial charge in [0.05, 0.1) is 17.1 Å². The second-order valence-corrected chi connectivity index (χ2v) is 11.0. The summed E-state index contributed by atoms with van der Waals surface area (Å²) >= 11 is 0. The Morgan fingerprint density at radius 1 is 1.25 bits per heavy atom. The lowest BCUT2D eigenvalue weighted by molar-refractivity contribution is -0.192. The Balaban J connectivity index is 1.37. The molecule has 1 aromatic carbocycles. The van der Waals surface area contributed by atoms with Gasteiger partial charge in [-0.05, 0) is 69.0 Å². The molecular weight excluding hydrogens is 404 g/mol. The molecular formula is C26H36N2O4. The number of phenolic OH excluding ortho intramolecular Hbond substituents is 1. The van der Waals surface area contributed by atoms with Crippen molar-refractivity contribution in [2.45, 2.75) is 100 Å². The highest BCUT2D eigenvalue weighted by Crippen LogP contribution is 2.65. The average molecular weight is 441 g/mol. The summed E-state index contributed by atoms with van der Waals surface area (Å²) in [5, 5.41) is 26.4. The molecule has 3 aliphatic carbocycles. The maximum atomic E-state index is 12.7. The normalized spacial score (nSPS) is 37.0. The van der Waals surface area contributed by atoms with Crippen LogP contribution < -0.4 is 10.1 Å². The predicted octanol–water partition coefficient (Wildman–Crippen LogP) is 3.02. The molecule has 32 heavy (non-hydrogen) atoms. The molecule has 3 fully saturated rings. The van der Waals surface area contributed by atoms with E-state index in [1.807, 2.05) is 6.07 Å². The minimum absolute atomic E-state index is 0.0761. The monoisotopic (exact) mass is 440 g/mol. The van der Waals surface area contributed by atoms with Crippen LogP contribution in [-0.4, -0.2) is 57.9 Å². The Morgan fingerprint density at radius 2 is 2.09 bits per heavy atom. The van der Waals surface area contributed by atoms with Gasteiger partial charge in [0.15, 0.2) is 11.5 Å². The number of piperidine rings is 1. The lowest BCUT2D eigenvalue weighted by Crippen LogP contribution is -2.78. The van der Waals surface area contributed by atoms with Gasteiger partial charge >= 0.3 is 0 Å². The quantitative estimate of drug-likeness (QED) is 0.568. The number of unbranched alkanes of at least 4 members (excludes halogenated alkanes) is 2. The Hall–Kier alpha value is -1.79. The molecule has 6 rings (SSSR count). The molecule has 2 saturated carbocycles. The van der Waals surface area contributed by atoms with Crippen LogP contribution in [-0.2, 0) is 16.6 Å². The summed E-state index contributed by atoms with van der Waals surface area (Å²) in [4.78, 5) is 15.3. The lowest BCUT2D eigenvalue weighted by Gasteiger charge is -2.64. The number of hydrogen-bond acceptors (Lipinski definition) is 5. The van der Waals surface area contributed by atoms with Crippen LogP contribution in [0.25, 0.3) is 0 Å². The highest BCUT2D eigenvalue weighted by Gasteiger charge is 2.73. The second-order valence-electron chi connectivity index (χ2n) is 11.0. The minimum atomic E-state index is -0.889. The number of carbonyl (C=O) groups excluding carboxylic acids is 1. The van der Waals surface area contributed by atoms with Crippen molar-refractivity contribution in [3.8, 4) is 11.5 Å². The summed E-state index contributed by atoms with van der Waals surface area (Å²) in [7, 11) is 0. The number of nitrogens with one attached hydrogen (secondary N) is 1. The van der Waals surface area contributed by atoms with Crippen molar-refractivity contribution in [2.75, 3.05) is 13.1 Å². The number of benzene rings is 1. The number of likely N-dealkylation sites (tertiary alicyclic amines) is 1. The van der Waals surface area contributed by atoms with Gasteiger partial charge in [0, 0.05) is 24.6 Å². The summed E-state index contributed by atoms with van der Waals surface area (Å²) in [5.74, 6) is 1.56. The van der Waals surface area contributed by atoms with Gasteiger partial charge in [-0.2, -0.15) is 0 Å². The van der Waals surface area contributed by atoms with Gasteiger partial charge in [0.1, 0.15) is 6.10 Å². The van der Waals surface area contributed by atoms with Crippen LogP contribution in [0.5, 0.6) is 11.5 Å². The van der Waals surface area contributed by atoms with Crippen LogP contribution in [0.4, 0.5) is 0 Å². The van der Waals surface area contributed by atoms with Crippen molar-refractivity contribution < 1.29 is 19.7 Å². The standard InChI is InChI=1S/C26H36N2O4/c1-2-3-4-5-21(30)27-18-10-11-26(31)20-14-17-8-9-19(29)23-22(17)25(26,24(18)32-23)12-13-28(20)15-16-6-7-16/h8-9,16,18,20,24,29,31H,2-7,10-15H2,1H3,(H,27,30)/t18-,20-,24+,25+,26-/m1/s1. The zero-order valence-electron chi connectivity index (χ0n) is 19.1. The number of amides is 1. The van der Waals surface area contributed by atoms with E-state index >= 15 is 0 Å². The van der Waals surface area contributed by atoms with Crippen LogP contribution in [0.1, 0.15) is 75.8 Å². The van der Waals surface area contributed by atoms with Crippen molar-refractivity contribution >= 4 is 5.91 Å². The SMILES string of the molecule is CCCCCC(=O)N[C@@H]1CC[C@@]2(O)[C@H]3Cc4ccc(O)c5c4[C@@]2(CCN3CC2CC2)[C@H]1O5. The third kappa shape index (κ3) is 2.81. The first kappa shape index (κ1) is 20.8. The Labute approximate surface area is 190 Å². The molecule has 0 radical (unpaired) electrons. The molecule has 1 saturated heterocycles. The van der Waals surface area contributed by atoms with Crippen LogP contribution in [0.3, 0.4) is 0 Å². The van der Waals surface area contributed by atoms with E-state index in [1.54, 1.807) is 6.07 Å². The van der Waals surface area contributed by atoms with Crippen molar-refractivity contribution in [1.29, 1.82) is 0 Å². The highest BCUT2D eigenvalue weighted by atomic mass is 16.5. The molecule has 174 valence electrons. The molecule has 1 aromatic rings. The number of ether oxygens (including phenoxy) is 1. The maximum absolute atomic E-state index is 12.7. The maximum Gasteiger partial charge on any atom is 0.220 e. The summed E-state index contributed by atoms with van der Waals surface area (Å²) in [5.41, 5.74) is 0.780. The number of aromatic hydroxyl groups is 1. The van der Waals surface area contributed by atoms with Crippen molar-refractivity contribution in [3.63, 3.8) is 0 Å². The molecule has 1 amide bonds. The number of hydrogen-bond donors (Lipinski definition) is 3. The van der Waals surface area contributed by atoms with Gasteiger partial charge in [-0.3, -0.25) is 9.69 Å². The van der Waals surface area contributed by atoms with E-state index < -0.39 is 11.0 Å². The van der Waals surface area contributed by atoms with E-state index in [1.165, 1.54) is 18.4 Å². The summed E-state index contributed by atoms with van der Waals surface area (Å²) in [6, 6.07) is 3.71. The number of rotatable bonds is 7. The Morgan fingerprint density at radius 3 is 2.88 bits per heavy atom. The zero-order chi connectivity index (χ0) is 22.1. The summed E-state index contributed by atoms with van der Waals surface area (Å²) in [6.45, 7) is 4.16. The van der Waals surface area contributed by atoms with Crippen LogP contribution in [0.15, 0.2) is 12.1 Å². The van der Waals surface area contributed by atoms with E-state index in [-0.39, 0.29) is 29.8 Å². The molecule has 3 N–H and O–H groups in total. The first-order chi connectivity index (χ1) is 15.5. The average Bonchev–Trinajstić information content (AvgIpc) is 3.51. The fourth-order valence-corrected chi connectivity index (χ4v) is 7.44. The smallest absolute Gasteiger partial charge is 0.220 e. The van der Waals surface area contributed by atoms with Gasteiger partial charge in [0.2, 0.25) is 5.91 Å². The third-order valence-corrected chi connectivity index (χ3v) is 9.12. The Kier molecular flexibility index (Phi) is 4.78. The molecule has 2 aliphatic heterocycles. The molecule has 0 aromatic heterocycles. The fraction of sp³-hybridized carbons (Fsp3) is 0.731. The first-order valence-corrected chi connectivity index (χ1v) is 12.8. The third-order valence-electron chi connectivity index (χ3n) is 9.12. The summed E-state index contributed by atoms with van der Waals surface area (Å²) < 4.78 is 6.50. The van der Waals surface area contributed by atoms with E-state index in [0.717, 1.165) is 56.7 Å². The van der Waals surface area contributed by atoms with E-state index in [0.29, 0.717) is 25.0 Å². The van der Waals surface area contributed by atoms with E-state index in [2.05, 4.69) is 17.1 Å². The predicted molar refractivity (Wildman–Crippen MR) is 121 cm³/mol. The molecule has 2 heterocycles. The lowest BCUT2D eigenvalue weighted by atomic mass is 9.48. The van der Waals surface area contributed by atoms with Gasteiger partial charge in [-0.15, -0.1) is 0 Å². The molecule has 2 bridgehead atoms. The van der Waals surface area contributed by atoms with Crippen molar-refractivity contribution in [2.24, 2.45) is 5.92 Å². The van der Waals surface area contributed by atoms with Gasteiger partial charge in [0.25, 0.3) is 0 Å². The molecule has 6 heteroatoms. The molecule has 0 unspecified atom stereocenters. The first-order valence-electron chi connectivity index (χ1n) is 12.8. The van der Waals surface area contributed by atoms with E-state index in [4.69, 9.17) is 4.74 Å². The van der Waals surface area contributed by atoms with Gasteiger partial charge < -0.3 is 20.3 Å². The van der Waals surface area contributed by atoms with Crippen LogP contribution >= 0.6 is 0 Å². The number of aliphatic hydroxyl groups is 1. The van der Waals surface area contributed by atoms with Crippen molar-refractivity contribution in [3.05, 3.63) is 23.3 Å². The van der Waals surface area contributed by atoms with E-state index in [9.17, 15) is 15.0 Å². The van der Waals surface area contributed by atoms with Gasteiger partial charge in [-0.1, -0.05) is 25.8 Å². The molecule has 1 spiro atoms. The van der Waals surface area contributed by atoms with Crippen LogP contribution in [0.2, 0.25) is 0 Å². The highest BCUT2D eigenvalue weighted by molar-refractivity contribution is 5.76. The largest absolute Gasteiger partial charge is 0.504 e. The number of carbonyl (C=O) groups is 1.